The quantitative estimate of drug-likeness (QED) is 0.915. The molecule has 0 aliphatic carbocycles. The summed E-state index contributed by atoms with van der Waals surface area (Å²) in [6.07, 6.45) is 0. The van der Waals surface area contributed by atoms with E-state index in [1.165, 1.54) is 0 Å². The fourth-order valence-corrected chi connectivity index (χ4v) is 2.16. The number of para-hydroxylation sites is 1. The molecule has 0 radical (unpaired) electrons. The number of hydrogen-bond donors (Lipinski definition) is 1. The molecule has 110 valence electrons. The number of benzene rings is 2. The molecule has 0 saturated heterocycles. The number of nitrogens with one attached hydrogen (secondary N) is 1. The van der Waals surface area contributed by atoms with E-state index in [2.05, 4.69) is 5.32 Å². The van der Waals surface area contributed by atoms with Crippen molar-refractivity contribution in [2.75, 3.05) is 11.9 Å². The van der Waals surface area contributed by atoms with Crippen molar-refractivity contribution >= 4 is 23.2 Å². The van der Waals surface area contributed by atoms with Gasteiger partial charge in [0.1, 0.15) is 5.75 Å². The Kier molecular flexibility index (Phi) is 4.86. The number of halogens is 1. The van der Waals surface area contributed by atoms with E-state index in [1.54, 1.807) is 12.1 Å². The maximum atomic E-state index is 12.0. The Hall–Kier alpha value is -2.00. The van der Waals surface area contributed by atoms with E-state index in [0.29, 0.717) is 10.8 Å². The lowest BCUT2D eigenvalue weighted by Crippen LogP contribution is -2.21. The van der Waals surface area contributed by atoms with Gasteiger partial charge in [-0.25, -0.2) is 0 Å². The molecular weight excluding hydrogens is 286 g/mol. The van der Waals surface area contributed by atoms with Gasteiger partial charge in [-0.2, -0.15) is 0 Å². The SMILES string of the molecule is Cc1cc(OCC(=O)Nc2c(C)cccc2C)ccc1Cl. The molecular formula is C17H18ClNO2. The number of carbonyl (C=O) groups is 1. The molecule has 1 amide bonds. The van der Waals surface area contributed by atoms with E-state index in [4.69, 9.17) is 16.3 Å². The van der Waals surface area contributed by atoms with Crippen molar-refractivity contribution in [3.8, 4) is 5.75 Å². The first-order valence-corrected chi connectivity index (χ1v) is 7.10. The molecule has 3 nitrogen and oxygen atoms in total. The van der Waals surface area contributed by atoms with Crippen molar-refractivity contribution in [2.24, 2.45) is 0 Å². The van der Waals surface area contributed by atoms with Crippen LogP contribution in [0.25, 0.3) is 0 Å². The zero-order chi connectivity index (χ0) is 15.4. The molecule has 0 unspecified atom stereocenters. The highest BCUT2D eigenvalue weighted by atomic mass is 35.5. The number of amides is 1. The monoisotopic (exact) mass is 303 g/mol. The molecule has 0 aromatic heterocycles. The summed E-state index contributed by atoms with van der Waals surface area (Å²) < 4.78 is 5.48. The summed E-state index contributed by atoms with van der Waals surface area (Å²) in [5.41, 5.74) is 3.83. The fourth-order valence-electron chi connectivity index (χ4n) is 2.04. The van der Waals surface area contributed by atoms with Crippen LogP contribution in [0.2, 0.25) is 5.02 Å². The molecule has 0 bridgehead atoms. The smallest absolute Gasteiger partial charge is 0.262 e. The Morgan fingerprint density at radius 2 is 1.76 bits per heavy atom. The summed E-state index contributed by atoms with van der Waals surface area (Å²) in [4.78, 5) is 12.0. The molecule has 0 aliphatic heterocycles. The third-order valence-electron chi connectivity index (χ3n) is 3.24. The van der Waals surface area contributed by atoms with Gasteiger partial charge in [0.15, 0.2) is 6.61 Å². The average molecular weight is 304 g/mol. The Morgan fingerprint density at radius 1 is 1.10 bits per heavy atom. The van der Waals surface area contributed by atoms with Gasteiger partial charge < -0.3 is 10.1 Å². The number of anilines is 1. The Labute approximate surface area is 129 Å². The number of hydrogen-bond acceptors (Lipinski definition) is 2. The molecule has 0 saturated carbocycles. The van der Waals surface area contributed by atoms with E-state index >= 15 is 0 Å². The first-order valence-electron chi connectivity index (χ1n) is 6.72. The normalized spacial score (nSPS) is 10.3. The van der Waals surface area contributed by atoms with Crippen LogP contribution in [0.1, 0.15) is 16.7 Å². The lowest BCUT2D eigenvalue weighted by atomic mass is 10.1. The Bertz CT molecular complexity index is 648. The second-order valence-corrected chi connectivity index (χ2v) is 5.42. The van der Waals surface area contributed by atoms with Gasteiger partial charge in [-0.05, 0) is 55.7 Å². The van der Waals surface area contributed by atoms with Gasteiger partial charge in [0.05, 0.1) is 0 Å². The van der Waals surface area contributed by atoms with Crippen LogP contribution in [0.5, 0.6) is 5.75 Å². The van der Waals surface area contributed by atoms with Crippen LogP contribution < -0.4 is 10.1 Å². The predicted octanol–water partition coefficient (Wildman–Crippen LogP) is 4.28. The highest BCUT2D eigenvalue weighted by Crippen LogP contribution is 2.22. The van der Waals surface area contributed by atoms with Crippen LogP contribution in [0.3, 0.4) is 0 Å². The molecule has 21 heavy (non-hydrogen) atoms. The average Bonchev–Trinajstić information content (AvgIpc) is 2.44. The maximum absolute atomic E-state index is 12.0. The van der Waals surface area contributed by atoms with E-state index in [9.17, 15) is 4.79 Å². The van der Waals surface area contributed by atoms with Crippen LogP contribution >= 0.6 is 11.6 Å². The van der Waals surface area contributed by atoms with Gasteiger partial charge in [-0.15, -0.1) is 0 Å². The van der Waals surface area contributed by atoms with Gasteiger partial charge in [-0.3, -0.25) is 4.79 Å². The molecule has 2 rings (SSSR count). The van der Waals surface area contributed by atoms with Crippen molar-refractivity contribution in [3.63, 3.8) is 0 Å². The number of aryl methyl sites for hydroxylation is 3. The van der Waals surface area contributed by atoms with Crippen LogP contribution in [0, 0.1) is 20.8 Å². The summed E-state index contributed by atoms with van der Waals surface area (Å²) in [5.74, 6) is 0.452. The zero-order valence-corrected chi connectivity index (χ0v) is 13.1. The summed E-state index contributed by atoms with van der Waals surface area (Å²) in [6, 6.07) is 11.2. The van der Waals surface area contributed by atoms with Gasteiger partial charge in [-0.1, -0.05) is 29.8 Å². The summed E-state index contributed by atoms with van der Waals surface area (Å²) in [5, 5.41) is 3.57. The highest BCUT2D eigenvalue weighted by Gasteiger charge is 2.08. The largest absolute Gasteiger partial charge is 0.484 e. The van der Waals surface area contributed by atoms with Gasteiger partial charge in [0, 0.05) is 10.7 Å². The third-order valence-corrected chi connectivity index (χ3v) is 3.67. The van der Waals surface area contributed by atoms with Gasteiger partial charge >= 0.3 is 0 Å². The third kappa shape index (κ3) is 3.99. The summed E-state index contributed by atoms with van der Waals surface area (Å²) >= 11 is 5.95. The molecule has 0 spiro atoms. The van der Waals surface area contributed by atoms with E-state index in [0.717, 1.165) is 22.4 Å². The minimum absolute atomic E-state index is 0.0329. The van der Waals surface area contributed by atoms with Crippen LogP contribution in [-0.2, 0) is 4.79 Å². The standard InChI is InChI=1S/C17H18ClNO2/c1-11-5-4-6-12(2)17(11)19-16(20)10-21-14-7-8-15(18)13(3)9-14/h4-9H,10H2,1-3H3,(H,19,20). The molecule has 0 fully saturated rings. The molecule has 4 heteroatoms. The zero-order valence-electron chi connectivity index (χ0n) is 12.4. The second kappa shape index (κ2) is 6.64. The van der Waals surface area contributed by atoms with Gasteiger partial charge in [0.2, 0.25) is 0 Å². The minimum Gasteiger partial charge on any atom is -0.484 e. The molecule has 0 atom stereocenters. The van der Waals surface area contributed by atoms with Gasteiger partial charge in [0.25, 0.3) is 5.91 Å². The van der Waals surface area contributed by atoms with Crippen LogP contribution in [0.15, 0.2) is 36.4 Å². The van der Waals surface area contributed by atoms with Crippen molar-refractivity contribution in [3.05, 3.63) is 58.1 Å². The molecule has 1 N–H and O–H groups in total. The topological polar surface area (TPSA) is 38.3 Å². The van der Waals surface area contributed by atoms with Crippen molar-refractivity contribution in [2.45, 2.75) is 20.8 Å². The summed E-state index contributed by atoms with van der Waals surface area (Å²) in [7, 11) is 0. The van der Waals surface area contributed by atoms with E-state index < -0.39 is 0 Å². The number of rotatable bonds is 4. The minimum atomic E-state index is -0.181. The maximum Gasteiger partial charge on any atom is 0.262 e. The highest BCUT2D eigenvalue weighted by molar-refractivity contribution is 6.31. The number of carbonyl (C=O) groups excluding carboxylic acids is 1. The summed E-state index contributed by atoms with van der Waals surface area (Å²) in [6.45, 7) is 5.79. The molecule has 2 aromatic carbocycles. The molecule has 0 heterocycles. The second-order valence-electron chi connectivity index (χ2n) is 5.01. The van der Waals surface area contributed by atoms with Crippen molar-refractivity contribution in [1.82, 2.24) is 0 Å². The first-order chi connectivity index (χ1) is 9.97. The first kappa shape index (κ1) is 15.4. The van der Waals surface area contributed by atoms with Crippen LogP contribution in [0.4, 0.5) is 5.69 Å². The molecule has 2 aromatic rings. The lowest BCUT2D eigenvalue weighted by molar-refractivity contribution is -0.118. The fraction of sp³-hybridized carbons (Fsp3) is 0.235. The van der Waals surface area contributed by atoms with Crippen molar-refractivity contribution < 1.29 is 9.53 Å². The van der Waals surface area contributed by atoms with Crippen LogP contribution in [-0.4, -0.2) is 12.5 Å². The number of ether oxygens (including phenoxy) is 1. The Morgan fingerprint density at radius 3 is 2.38 bits per heavy atom. The van der Waals surface area contributed by atoms with Crippen molar-refractivity contribution in [1.29, 1.82) is 0 Å². The lowest BCUT2D eigenvalue weighted by Gasteiger charge is -2.12. The Balaban J connectivity index is 1.97. The molecule has 0 aliphatic rings. The van der Waals surface area contributed by atoms with E-state index in [-0.39, 0.29) is 12.5 Å². The predicted molar refractivity (Wildman–Crippen MR) is 86.2 cm³/mol. The van der Waals surface area contributed by atoms with E-state index in [1.807, 2.05) is 45.0 Å².